The molecular formula is C19H15N3O2. The van der Waals surface area contributed by atoms with Crippen LogP contribution in [0.4, 0.5) is 11.4 Å². The average Bonchev–Trinajstić information content (AvgIpc) is 2.63. The molecule has 0 spiro atoms. The first-order valence-electron chi connectivity index (χ1n) is 7.42. The lowest BCUT2D eigenvalue weighted by molar-refractivity contribution is 0.102. The maximum absolute atomic E-state index is 12.5. The number of carbonyl (C=O) groups excluding carboxylic acids is 2. The number of amides is 2. The minimum Gasteiger partial charge on any atom is -0.322 e. The van der Waals surface area contributed by atoms with Gasteiger partial charge in [-0.1, -0.05) is 36.4 Å². The summed E-state index contributed by atoms with van der Waals surface area (Å²) in [4.78, 5) is 28.7. The standard InChI is InChI=1S/C19H15N3O2/c23-18(21-14-8-2-1-3-9-14)15-10-4-5-11-16(15)22-19(24)17-12-6-7-13-20-17/h1-13H,(H,21,23)(H,22,24). The first kappa shape index (κ1) is 15.4. The van der Waals surface area contributed by atoms with Gasteiger partial charge in [0.05, 0.1) is 11.3 Å². The summed E-state index contributed by atoms with van der Waals surface area (Å²) in [6.07, 6.45) is 1.54. The Bertz CT molecular complexity index is 849. The molecule has 2 N–H and O–H groups in total. The van der Waals surface area contributed by atoms with Crippen molar-refractivity contribution in [3.8, 4) is 0 Å². The van der Waals surface area contributed by atoms with E-state index in [1.165, 1.54) is 0 Å². The van der Waals surface area contributed by atoms with E-state index in [1.54, 1.807) is 60.8 Å². The first-order chi connectivity index (χ1) is 11.7. The van der Waals surface area contributed by atoms with E-state index in [-0.39, 0.29) is 17.5 Å². The SMILES string of the molecule is O=C(Nc1ccccc1C(=O)Nc1ccccc1)c1ccccn1. The Morgan fingerprint density at radius 3 is 2.17 bits per heavy atom. The van der Waals surface area contributed by atoms with Gasteiger partial charge in [0.1, 0.15) is 5.69 Å². The molecule has 0 bridgehead atoms. The van der Waals surface area contributed by atoms with Crippen molar-refractivity contribution in [2.24, 2.45) is 0 Å². The van der Waals surface area contributed by atoms with Crippen LogP contribution in [-0.2, 0) is 0 Å². The maximum Gasteiger partial charge on any atom is 0.274 e. The van der Waals surface area contributed by atoms with E-state index in [1.807, 2.05) is 18.2 Å². The first-order valence-corrected chi connectivity index (χ1v) is 7.42. The highest BCUT2D eigenvalue weighted by molar-refractivity contribution is 6.12. The molecule has 0 saturated heterocycles. The molecule has 5 nitrogen and oxygen atoms in total. The van der Waals surface area contributed by atoms with Crippen molar-refractivity contribution < 1.29 is 9.59 Å². The van der Waals surface area contributed by atoms with Gasteiger partial charge in [-0.3, -0.25) is 14.6 Å². The van der Waals surface area contributed by atoms with Gasteiger partial charge in [0, 0.05) is 11.9 Å². The van der Waals surface area contributed by atoms with Crippen molar-refractivity contribution in [1.29, 1.82) is 0 Å². The molecule has 1 aromatic heterocycles. The fourth-order valence-electron chi connectivity index (χ4n) is 2.19. The highest BCUT2D eigenvalue weighted by Gasteiger charge is 2.14. The Hall–Kier alpha value is -3.47. The lowest BCUT2D eigenvalue weighted by Crippen LogP contribution is -2.18. The highest BCUT2D eigenvalue weighted by atomic mass is 16.2. The van der Waals surface area contributed by atoms with Crippen LogP contribution in [0.25, 0.3) is 0 Å². The third-order valence-electron chi connectivity index (χ3n) is 3.35. The van der Waals surface area contributed by atoms with Crippen LogP contribution in [0.15, 0.2) is 79.0 Å². The van der Waals surface area contributed by atoms with Crippen molar-refractivity contribution in [2.45, 2.75) is 0 Å². The van der Waals surface area contributed by atoms with Crippen molar-refractivity contribution >= 4 is 23.2 Å². The molecule has 1 heterocycles. The van der Waals surface area contributed by atoms with Crippen LogP contribution in [0, 0.1) is 0 Å². The molecule has 0 atom stereocenters. The van der Waals surface area contributed by atoms with Gasteiger partial charge in [-0.25, -0.2) is 0 Å². The molecule has 0 fully saturated rings. The van der Waals surface area contributed by atoms with Gasteiger partial charge in [0.2, 0.25) is 0 Å². The number of hydrogen-bond acceptors (Lipinski definition) is 3. The fourth-order valence-corrected chi connectivity index (χ4v) is 2.19. The van der Waals surface area contributed by atoms with E-state index in [4.69, 9.17) is 0 Å². The summed E-state index contributed by atoms with van der Waals surface area (Å²) in [5.41, 5.74) is 1.79. The summed E-state index contributed by atoms with van der Waals surface area (Å²) in [6, 6.07) is 21.1. The van der Waals surface area contributed by atoms with Crippen LogP contribution in [0.1, 0.15) is 20.8 Å². The van der Waals surface area contributed by atoms with Gasteiger partial charge in [0.25, 0.3) is 11.8 Å². The second-order valence-corrected chi connectivity index (χ2v) is 5.03. The molecule has 5 heteroatoms. The third kappa shape index (κ3) is 3.64. The molecule has 0 aliphatic carbocycles. The molecule has 0 radical (unpaired) electrons. The van der Waals surface area contributed by atoms with Crippen molar-refractivity contribution in [3.63, 3.8) is 0 Å². The third-order valence-corrected chi connectivity index (χ3v) is 3.35. The predicted molar refractivity (Wildman–Crippen MR) is 93.0 cm³/mol. The number of nitrogens with zero attached hydrogens (tertiary/aromatic N) is 1. The van der Waals surface area contributed by atoms with Gasteiger partial charge in [-0.15, -0.1) is 0 Å². The number of rotatable bonds is 4. The molecule has 0 unspecified atom stereocenters. The number of aromatic nitrogens is 1. The Labute approximate surface area is 139 Å². The summed E-state index contributed by atoms with van der Waals surface area (Å²) in [5.74, 6) is -0.659. The zero-order valence-electron chi connectivity index (χ0n) is 12.8. The minimum atomic E-state index is -0.365. The Kier molecular flexibility index (Phi) is 4.62. The minimum absolute atomic E-state index is 0.288. The van der Waals surface area contributed by atoms with E-state index in [9.17, 15) is 9.59 Å². The molecule has 2 amide bonds. The molecule has 2 aromatic carbocycles. The number of hydrogen-bond donors (Lipinski definition) is 2. The summed E-state index contributed by atoms with van der Waals surface area (Å²) < 4.78 is 0. The van der Waals surface area contributed by atoms with Gasteiger partial charge >= 0.3 is 0 Å². The van der Waals surface area contributed by atoms with Crippen LogP contribution in [0.2, 0.25) is 0 Å². The van der Waals surface area contributed by atoms with Crippen LogP contribution < -0.4 is 10.6 Å². The summed E-state index contributed by atoms with van der Waals surface area (Å²) in [5, 5.41) is 5.54. The number of nitrogens with one attached hydrogen (secondary N) is 2. The van der Waals surface area contributed by atoms with Gasteiger partial charge in [-0.2, -0.15) is 0 Å². The Balaban J connectivity index is 1.80. The maximum atomic E-state index is 12.5. The zero-order valence-corrected chi connectivity index (χ0v) is 12.8. The quantitative estimate of drug-likeness (QED) is 0.772. The second kappa shape index (κ2) is 7.19. The monoisotopic (exact) mass is 317 g/mol. The van der Waals surface area contributed by atoms with E-state index in [0.29, 0.717) is 16.9 Å². The van der Waals surface area contributed by atoms with E-state index >= 15 is 0 Å². The van der Waals surface area contributed by atoms with Crippen LogP contribution in [0.3, 0.4) is 0 Å². The molecule has 118 valence electrons. The Morgan fingerprint density at radius 2 is 1.42 bits per heavy atom. The van der Waals surface area contributed by atoms with E-state index in [2.05, 4.69) is 15.6 Å². The van der Waals surface area contributed by atoms with Crippen LogP contribution in [0.5, 0.6) is 0 Å². The zero-order chi connectivity index (χ0) is 16.8. The number of carbonyl (C=O) groups is 2. The fraction of sp³-hybridized carbons (Fsp3) is 0. The van der Waals surface area contributed by atoms with Crippen molar-refractivity contribution in [3.05, 3.63) is 90.3 Å². The van der Waals surface area contributed by atoms with E-state index in [0.717, 1.165) is 0 Å². The molecule has 0 aliphatic rings. The van der Waals surface area contributed by atoms with Gasteiger partial charge < -0.3 is 10.6 Å². The largest absolute Gasteiger partial charge is 0.322 e. The molecule has 0 aliphatic heterocycles. The van der Waals surface area contributed by atoms with Crippen LogP contribution in [-0.4, -0.2) is 16.8 Å². The van der Waals surface area contributed by atoms with Crippen molar-refractivity contribution in [1.82, 2.24) is 4.98 Å². The summed E-state index contributed by atoms with van der Waals surface area (Å²) >= 11 is 0. The van der Waals surface area contributed by atoms with Gasteiger partial charge in [0.15, 0.2) is 0 Å². The molecule has 0 saturated carbocycles. The second-order valence-electron chi connectivity index (χ2n) is 5.03. The molecule has 24 heavy (non-hydrogen) atoms. The molecular weight excluding hydrogens is 302 g/mol. The lowest BCUT2D eigenvalue weighted by Gasteiger charge is -2.11. The normalized spacial score (nSPS) is 10.0. The highest BCUT2D eigenvalue weighted by Crippen LogP contribution is 2.18. The number of para-hydroxylation sites is 2. The molecule has 3 rings (SSSR count). The predicted octanol–water partition coefficient (Wildman–Crippen LogP) is 3.59. The Morgan fingerprint density at radius 1 is 0.708 bits per heavy atom. The van der Waals surface area contributed by atoms with Crippen LogP contribution >= 0.6 is 0 Å². The number of benzene rings is 2. The van der Waals surface area contributed by atoms with Gasteiger partial charge in [-0.05, 0) is 36.4 Å². The summed E-state index contributed by atoms with van der Waals surface area (Å²) in [6.45, 7) is 0. The molecule has 3 aromatic rings. The van der Waals surface area contributed by atoms with Crippen molar-refractivity contribution in [2.75, 3.05) is 10.6 Å². The van der Waals surface area contributed by atoms with E-state index < -0.39 is 0 Å². The lowest BCUT2D eigenvalue weighted by atomic mass is 10.1. The number of pyridine rings is 1. The smallest absolute Gasteiger partial charge is 0.274 e. The average molecular weight is 317 g/mol. The topological polar surface area (TPSA) is 71.1 Å². The number of anilines is 2. The summed E-state index contributed by atoms with van der Waals surface area (Å²) in [7, 11) is 0.